The average Bonchev–Trinajstić information content (AvgIpc) is 3.37. The molecule has 1 N–H and O–H groups in total. The second-order valence-corrected chi connectivity index (χ2v) is 6.90. The third kappa shape index (κ3) is 4.95. The Kier molecular flexibility index (Phi) is 6.98. The minimum atomic E-state index is 0.617. The Bertz CT molecular complexity index is 666. The predicted octanol–water partition coefficient (Wildman–Crippen LogP) is 2.51. The number of nitrogens with one attached hydrogen (secondary N) is 1. The van der Waals surface area contributed by atoms with Gasteiger partial charge in [-0.2, -0.15) is 0 Å². The maximum Gasteiger partial charge on any atom is 0.194 e. The van der Waals surface area contributed by atoms with Crippen molar-refractivity contribution in [2.45, 2.75) is 32.9 Å². The highest BCUT2D eigenvalue weighted by molar-refractivity contribution is 5.80. The van der Waals surface area contributed by atoms with Crippen LogP contribution in [-0.4, -0.2) is 68.2 Å². The molecule has 0 bridgehead atoms. The molecule has 148 valence electrons. The third-order valence-electron chi connectivity index (χ3n) is 5.10. The molecule has 0 spiro atoms. The van der Waals surface area contributed by atoms with E-state index in [-0.39, 0.29) is 0 Å². The fraction of sp³-hybridized carbons (Fsp3) is 0.571. The fourth-order valence-electron chi connectivity index (χ4n) is 3.70. The molecule has 0 saturated carbocycles. The van der Waals surface area contributed by atoms with Crippen molar-refractivity contribution in [1.29, 1.82) is 0 Å². The van der Waals surface area contributed by atoms with Crippen LogP contribution >= 0.6 is 0 Å². The summed E-state index contributed by atoms with van der Waals surface area (Å²) in [4.78, 5) is 9.82. The largest absolute Gasteiger partial charge is 0.493 e. The Morgan fingerprint density at radius 1 is 1.22 bits per heavy atom. The van der Waals surface area contributed by atoms with Crippen LogP contribution < -0.4 is 14.8 Å². The molecule has 2 aliphatic heterocycles. The summed E-state index contributed by atoms with van der Waals surface area (Å²) >= 11 is 0. The van der Waals surface area contributed by atoms with E-state index in [1.165, 1.54) is 6.42 Å². The molecule has 1 atom stereocenters. The van der Waals surface area contributed by atoms with Gasteiger partial charge in [0.25, 0.3) is 0 Å². The highest BCUT2D eigenvalue weighted by Gasteiger charge is 2.29. The van der Waals surface area contributed by atoms with Gasteiger partial charge < -0.3 is 19.7 Å². The van der Waals surface area contributed by atoms with Gasteiger partial charge in [0.1, 0.15) is 0 Å². The molecule has 3 rings (SSSR count). The quantitative estimate of drug-likeness (QED) is 0.453. The molecule has 0 radical (unpaired) electrons. The van der Waals surface area contributed by atoms with E-state index in [1.54, 1.807) is 7.11 Å². The van der Waals surface area contributed by atoms with Crippen molar-refractivity contribution < 1.29 is 9.47 Å². The van der Waals surface area contributed by atoms with E-state index in [0.717, 1.165) is 55.7 Å². The summed E-state index contributed by atoms with van der Waals surface area (Å²) in [6.07, 6.45) is 5.73. The first-order chi connectivity index (χ1) is 13.2. The molecular weight excluding hydrogens is 340 g/mol. The van der Waals surface area contributed by atoms with E-state index >= 15 is 0 Å². The Labute approximate surface area is 162 Å². The molecule has 1 saturated heterocycles. The lowest BCUT2D eigenvalue weighted by atomic mass is 10.2. The molecule has 1 unspecified atom stereocenters. The standard InChI is InChI=1S/C21H32N4O2/c1-4-22-21(25-13-10-18(16-25)24-11-6-7-12-24)23-15-17-8-9-19(26-3)20(14-17)27-5-2/h6-9,14,18H,4-5,10-13,15-16H2,1-3H3,(H,22,23). The van der Waals surface area contributed by atoms with Crippen LogP contribution in [0.2, 0.25) is 0 Å². The number of guanidine groups is 1. The molecule has 6 nitrogen and oxygen atoms in total. The molecule has 1 aromatic carbocycles. The number of rotatable bonds is 7. The summed E-state index contributed by atoms with van der Waals surface area (Å²) in [5.74, 6) is 2.54. The van der Waals surface area contributed by atoms with E-state index in [9.17, 15) is 0 Å². The van der Waals surface area contributed by atoms with Gasteiger partial charge in [0.15, 0.2) is 17.5 Å². The molecule has 2 aliphatic rings. The number of nitrogens with zero attached hydrogens (tertiary/aromatic N) is 3. The lowest BCUT2D eigenvalue weighted by molar-refractivity contribution is 0.259. The molecular formula is C21H32N4O2. The van der Waals surface area contributed by atoms with E-state index in [4.69, 9.17) is 14.5 Å². The molecule has 27 heavy (non-hydrogen) atoms. The van der Waals surface area contributed by atoms with Crippen molar-refractivity contribution in [1.82, 2.24) is 15.1 Å². The summed E-state index contributed by atoms with van der Waals surface area (Å²) in [6, 6.07) is 6.65. The molecule has 0 aromatic heterocycles. The van der Waals surface area contributed by atoms with Gasteiger partial charge in [0.05, 0.1) is 20.3 Å². The van der Waals surface area contributed by atoms with Crippen LogP contribution in [0.25, 0.3) is 0 Å². The van der Waals surface area contributed by atoms with Crippen LogP contribution in [0.15, 0.2) is 35.3 Å². The molecule has 1 aromatic rings. The van der Waals surface area contributed by atoms with Crippen molar-refractivity contribution in [3.63, 3.8) is 0 Å². The Morgan fingerprint density at radius 3 is 2.74 bits per heavy atom. The summed E-state index contributed by atoms with van der Waals surface area (Å²) in [7, 11) is 1.67. The van der Waals surface area contributed by atoms with Crippen LogP contribution in [0, 0.1) is 0 Å². The predicted molar refractivity (Wildman–Crippen MR) is 110 cm³/mol. The first-order valence-electron chi connectivity index (χ1n) is 9.97. The summed E-state index contributed by atoms with van der Waals surface area (Å²) in [5, 5.41) is 3.45. The lowest BCUT2D eigenvalue weighted by Gasteiger charge is -2.25. The monoisotopic (exact) mass is 372 g/mol. The second-order valence-electron chi connectivity index (χ2n) is 6.90. The molecule has 1 fully saturated rings. The SMILES string of the molecule is CCNC(=NCc1ccc(OC)c(OCC)c1)N1CCC(N2CC=CC2)C1. The normalized spacial score (nSPS) is 20.3. The summed E-state index contributed by atoms with van der Waals surface area (Å²) < 4.78 is 11.1. The van der Waals surface area contributed by atoms with Gasteiger partial charge in [0, 0.05) is 38.8 Å². The number of methoxy groups -OCH3 is 1. The smallest absolute Gasteiger partial charge is 0.194 e. The van der Waals surface area contributed by atoms with Crippen molar-refractivity contribution in [3.8, 4) is 11.5 Å². The van der Waals surface area contributed by atoms with Gasteiger partial charge in [-0.25, -0.2) is 4.99 Å². The van der Waals surface area contributed by atoms with Gasteiger partial charge in [-0.1, -0.05) is 18.2 Å². The van der Waals surface area contributed by atoms with Crippen LogP contribution in [-0.2, 0) is 6.54 Å². The Hall–Kier alpha value is -2.21. The van der Waals surface area contributed by atoms with Crippen molar-refractivity contribution >= 4 is 5.96 Å². The van der Waals surface area contributed by atoms with Crippen LogP contribution in [0.1, 0.15) is 25.8 Å². The van der Waals surface area contributed by atoms with Gasteiger partial charge in [-0.15, -0.1) is 0 Å². The number of hydrogen-bond acceptors (Lipinski definition) is 4. The number of benzene rings is 1. The van der Waals surface area contributed by atoms with Gasteiger partial charge in [-0.3, -0.25) is 4.90 Å². The third-order valence-corrected chi connectivity index (χ3v) is 5.10. The zero-order chi connectivity index (χ0) is 19.1. The Balaban J connectivity index is 1.66. The molecule has 2 heterocycles. The minimum absolute atomic E-state index is 0.617. The fourth-order valence-corrected chi connectivity index (χ4v) is 3.70. The van der Waals surface area contributed by atoms with E-state index in [1.807, 2.05) is 19.1 Å². The average molecular weight is 373 g/mol. The number of aliphatic imine (C=N–C) groups is 1. The Morgan fingerprint density at radius 2 is 2.04 bits per heavy atom. The van der Waals surface area contributed by atoms with E-state index in [0.29, 0.717) is 19.2 Å². The maximum atomic E-state index is 5.68. The van der Waals surface area contributed by atoms with Crippen molar-refractivity contribution in [2.24, 2.45) is 4.99 Å². The minimum Gasteiger partial charge on any atom is -0.493 e. The topological polar surface area (TPSA) is 49.3 Å². The van der Waals surface area contributed by atoms with E-state index in [2.05, 4.69) is 40.3 Å². The number of ether oxygens (including phenoxy) is 2. The van der Waals surface area contributed by atoms with Gasteiger partial charge in [0.2, 0.25) is 0 Å². The zero-order valence-electron chi connectivity index (χ0n) is 16.8. The van der Waals surface area contributed by atoms with Crippen molar-refractivity contribution in [2.75, 3.05) is 46.4 Å². The highest BCUT2D eigenvalue weighted by atomic mass is 16.5. The lowest BCUT2D eigenvalue weighted by Crippen LogP contribution is -2.42. The molecule has 6 heteroatoms. The first-order valence-corrected chi connectivity index (χ1v) is 9.97. The number of likely N-dealkylation sites (tertiary alicyclic amines) is 1. The van der Waals surface area contributed by atoms with Crippen molar-refractivity contribution in [3.05, 3.63) is 35.9 Å². The zero-order valence-corrected chi connectivity index (χ0v) is 16.8. The summed E-state index contributed by atoms with van der Waals surface area (Å²) in [5.41, 5.74) is 1.12. The number of hydrogen-bond donors (Lipinski definition) is 1. The second kappa shape index (κ2) is 9.65. The highest BCUT2D eigenvalue weighted by Crippen LogP contribution is 2.28. The van der Waals surface area contributed by atoms with Crippen LogP contribution in [0.4, 0.5) is 0 Å². The molecule has 0 amide bonds. The van der Waals surface area contributed by atoms with Crippen LogP contribution in [0.3, 0.4) is 0 Å². The molecule has 0 aliphatic carbocycles. The van der Waals surface area contributed by atoms with E-state index < -0.39 is 0 Å². The van der Waals surface area contributed by atoms with Crippen LogP contribution in [0.5, 0.6) is 11.5 Å². The summed E-state index contributed by atoms with van der Waals surface area (Å²) in [6.45, 7) is 10.5. The van der Waals surface area contributed by atoms with Gasteiger partial charge >= 0.3 is 0 Å². The maximum absolute atomic E-state index is 5.68. The van der Waals surface area contributed by atoms with Gasteiger partial charge in [-0.05, 0) is 38.0 Å². The first kappa shape index (κ1) is 19.5.